The van der Waals surface area contributed by atoms with Gasteiger partial charge in [-0.3, -0.25) is 4.79 Å². The molecule has 1 amide bonds. The van der Waals surface area contributed by atoms with Crippen LogP contribution in [0.1, 0.15) is 58.3 Å². The van der Waals surface area contributed by atoms with Crippen LogP contribution in [0.3, 0.4) is 0 Å². The first-order chi connectivity index (χ1) is 16.1. The molecule has 184 valence electrons. The minimum atomic E-state index is -3.57. The number of carbonyl (C=O) groups is 3. The second-order valence-electron chi connectivity index (χ2n) is 8.14. The molecule has 1 atom stereocenters. The van der Waals surface area contributed by atoms with Gasteiger partial charge in [0.2, 0.25) is 10.0 Å². The minimum Gasteiger partial charge on any atom is -0.465 e. The van der Waals surface area contributed by atoms with E-state index in [-0.39, 0.29) is 16.2 Å². The number of anilines is 1. The zero-order valence-electron chi connectivity index (χ0n) is 19.6. The van der Waals surface area contributed by atoms with Crippen LogP contribution in [0.15, 0.2) is 29.2 Å². The van der Waals surface area contributed by atoms with E-state index in [1.807, 2.05) is 0 Å². The number of nitrogens with one attached hydrogen (secondary N) is 2. The SMILES string of the molecule is COC(=O)c1c(C)[nH]c(C(=O)OC(C)C(=O)Nc2ccc(S(=O)(=O)N3CCCCC3)cc2)c1C. The van der Waals surface area contributed by atoms with Gasteiger partial charge >= 0.3 is 11.9 Å². The second-order valence-corrected chi connectivity index (χ2v) is 10.1. The molecule has 0 bridgehead atoms. The third-order valence-corrected chi connectivity index (χ3v) is 7.67. The normalized spacial score (nSPS) is 15.4. The largest absolute Gasteiger partial charge is 0.465 e. The molecule has 1 aliphatic heterocycles. The smallest absolute Gasteiger partial charge is 0.355 e. The lowest BCUT2D eigenvalue weighted by Gasteiger charge is -2.25. The number of methoxy groups -OCH3 is 1. The number of aromatic amines is 1. The van der Waals surface area contributed by atoms with Gasteiger partial charge in [-0.15, -0.1) is 0 Å². The van der Waals surface area contributed by atoms with Gasteiger partial charge < -0.3 is 19.8 Å². The standard InChI is InChI=1S/C23H29N3O7S/c1-14-19(22(28)32-4)15(2)24-20(14)23(29)33-16(3)21(27)25-17-8-10-18(11-9-17)34(30,31)26-12-6-5-7-13-26/h8-11,16,24H,5-7,12-13H2,1-4H3,(H,25,27). The Morgan fingerprint density at radius 2 is 1.65 bits per heavy atom. The highest BCUT2D eigenvalue weighted by Gasteiger charge is 2.27. The number of aryl methyl sites for hydroxylation is 1. The summed E-state index contributed by atoms with van der Waals surface area (Å²) in [4.78, 5) is 39.9. The Labute approximate surface area is 198 Å². The van der Waals surface area contributed by atoms with Crippen molar-refractivity contribution in [2.45, 2.75) is 51.0 Å². The molecule has 1 aromatic heterocycles. The summed E-state index contributed by atoms with van der Waals surface area (Å²) in [6.45, 7) is 5.63. The average Bonchev–Trinajstić information content (AvgIpc) is 3.13. The number of ether oxygens (including phenoxy) is 2. The third-order valence-electron chi connectivity index (χ3n) is 5.76. The number of hydrogen-bond donors (Lipinski definition) is 2. The monoisotopic (exact) mass is 491 g/mol. The predicted molar refractivity (Wildman–Crippen MR) is 124 cm³/mol. The summed E-state index contributed by atoms with van der Waals surface area (Å²) in [7, 11) is -2.32. The van der Waals surface area contributed by atoms with Gasteiger partial charge in [0.15, 0.2) is 6.10 Å². The summed E-state index contributed by atoms with van der Waals surface area (Å²) < 4.78 is 36.9. The van der Waals surface area contributed by atoms with Gasteiger partial charge in [-0.2, -0.15) is 4.31 Å². The lowest BCUT2D eigenvalue weighted by molar-refractivity contribution is -0.123. The number of hydrogen-bond acceptors (Lipinski definition) is 7. The topological polar surface area (TPSA) is 135 Å². The third kappa shape index (κ3) is 5.31. The summed E-state index contributed by atoms with van der Waals surface area (Å²) in [5.74, 6) is -1.96. The van der Waals surface area contributed by atoms with E-state index in [0.29, 0.717) is 30.0 Å². The maximum atomic E-state index is 12.7. The molecule has 10 nitrogen and oxygen atoms in total. The van der Waals surface area contributed by atoms with Crippen LogP contribution in [0.25, 0.3) is 0 Å². The van der Waals surface area contributed by atoms with Gasteiger partial charge in [-0.05, 0) is 63.4 Å². The zero-order chi connectivity index (χ0) is 25.0. The highest BCUT2D eigenvalue weighted by molar-refractivity contribution is 7.89. The van der Waals surface area contributed by atoms with E-state index in [1.165, 1.54) is 42.6 Å². The van der Waals surface area contributed by atoms with Gasteiger partial charge in [0.1, 0.15) is 5.69 Å². The van der Waals surface area contributed by atoms with Gasteiger partial charge in [-0.1, -0.05) is 6.42 Å². The molecule has 0 aliphatic carbocycles. The summed E-state index contributed by atoms with van der Waals surface area (Å²) in [6.07, 6.45) is 1.56. The number of aromatic nitrogens is 1. The van der Waals surface area contributed by atoms with E-state index in [1.54, 1.807) is 13.8 Å². The fourth-order valence-corrected chi connectivity index (χ4v) is 5.36. The molecule has 2 N–H and O–H groups in total. The molecule has 1 aromatic carbocycles. The molecule has 0 spiro atoms. The molecule has 34 heavy (non-hydrogen) atoms. The van der Waals surface area contributed by atoms with Gasteiger partial charge in [0.25, 0.3) is 5.91 Å². The highest BCUT2D eigenvalue weighted by Crippen LogP contribution is 2.23. The first-order valence-corrected chi connectivity index (χ1v) is 12.4. The minimum absolute atomic E-state index is 0.0600. The number of sulfonamides is 1. The van der Waals surface area contributed by atoms with Crippen LogP contribution < -0.4 is 5.32 Å². The fraction of sp³-hybridized carbons (Fsp3) is 0.435. The van der Waals surface area contributed by atoms with Crippen molar-refractivity contribution < 1.29 is 32.3 Å². The number of piperidine rings is 1. The summed E-state index contributed by atoms with van der Waals surface area (Å²) in [5, 5.41) is 2.61. The molecule has 11 heteroatoms. The number of carbonyl (C=O) groups excluding carboxylic acids is 3. The van der Waals surface area contributed by atoms with E-state index < -0.39 is 34.0 Å². The van der Waals surface area contributed by atoms with Crippen molar-refractivity contribution in [3.63, 3.8) is 0 Å². The Hall–Kier alpha value is -3.18. The van der Waals surface area contributed by atoms with E-state index in [9.17, 15) is 22.8 Å². The lowest BCUT2D eigenvalue weighted by atomic mass is 10.1. The maximum Gasteiger partial charge on any atom is 0.355 e. The van der Waals surface area contributed by atoms with Crippen molar-refractivity contribution in [3.8, 4) is 0 Å². The molecule has 1 fully saturated rings. The lowest BCUT2D eigenvalue weighted by Crippen LogP contribution is -2.35. The Morgan fingerprint density at radius 1 is 1.03 bits per heavy atom. The zero-order valence-corrected chi connectivity index (χ0v) is 20.5. The van der Waals surface area contributed by atoms with Gasteiger partial charge in [0, 0.05) is 24.5 Å². The molecule has 0 radical (unpaired) electrons. The van der Waals surface area contributed by atoms with Gasteiger partial charge in [-0.25, -0.2) is 18.0 Å². The van der Waals surface area contributed by atoms with Crippen molar-refractivity contribution >= 4 is 33.6 Å². The van der Waals surface area contributed by atoms with Crippen LogP contribution in [-0.4, -0.2) is 61.9 Å². The average molecular weight is 492 g/mol. The van der Waals surface area contributed by atoms with Crippen molar-refractivity contribution in [1.82, 2.24) is 9.29 Å². The number of amides is 1. The second kappa shape index (κ2) is 10.4. The van der Waals surface area contributed by atoms with Crippen LogP contribution in [0.2, 0.25) is 0 Å². The van der Waals surface area contributed by atoms with E-state index >= 15 is 0 Å². The fourth-order valence-electron chi connectivity index (χ4n) is 3.84. The molecule has 1 aliphatic rings. The number of esters is 2. The molecular formula is C23H29N3O7S. The maximum absolute atomic E-state index is 12.7. The quantitative estimate of drug-likeness (QED) is 0.569. The summed E-state index contributed by atoms with van der Waals surface area (Å²) in [5.41, 5.74) is 1.49. The predicted octanol–water partition coefficient (Wildman–Crippen LogP) is 2.78. The highest BCUT2D eigenvalue weighted by atomic mass is 32.2. The van der Waals surface area contributed by atoms with Crippen molar-refractivity contribution in [2.24, 2.45) is 0 Å². The Balaban J connectivity index is 1.63. The van der Waals surface area contributed by atoms with Crippen LogP contribution in [0.4, 0.5) is 5.69 Å². The van der Waals surface area contributed by atoms with Crippen LogP contribution in [0.5, 0.6) is 0 Å². The first-order valence-electron chi connectivity index (χ1n) is 11.0. The van der Waals surface area contributed by atoms with E-state index in [4.69, 9.17) is 9.47 Å². The number of benzene rings is 1. The van der Waals surface area contributed by atoms with Gasteiger partial charge in [0.05, 0.1) is 17.6 Å². The Kier molecular flexibility index (Phi) is 7.78. The molecule has 2 aromatic rings. The van der Waals surface area contributed by atoms with Crippen LogP contribution in [0, 0.1) is 13.8 Å². The summed E-state index contributed by atoms with van der Waals surface area (Å²) in [6, 6.07) is 5.86. The number of H-pyrrole nitrogens is 1. The summed E-state index contributed by atoms with van der Waals surface area (Å²) >= 11 is 0. The number of rotatable bonds is 7. The molecule has 1 unspecified atom stereocenters. The molecule has 1 saturated heterocycles. The Bertz CT molecular complexity index is 1180. The molecule has 2 heterocycles. The van der Waals surface area contributed by atoms with Crippen molar-refractivity contribution in [1.29, 1.82) is 0 Å². The van der Waals surface area contributed by atoms with Crippen LogP contribution >= 0.6 is 0 Å². The van der Waals surface area contributed by atoms with Crippen LogP contribution in [-0.2, 0) is 24.3 Å². The molecule has 0 saturated carbocycles. The van der Waals surface area contributed by atoms with Crippen molar-refractivity contribution in [3.05, 3.63) is 46.8 Å². The first kappa shape index (κ1) is 25.4. The van der Waals surface area contributed by atoms with Crippen molar-refractivity contribution in [2.75, 3.05) is 25.5 Å². The molecule has 3 rings (SSSR count). The van der Waals surface area contributed by atoms with E-state index in [2.05, 4.69) is 10.3 Å². The number of nitrogens with zero attached hydrogens (tertiary/aromatic N) is 1. The molecular weight excluding hydrogens is 462 g/mol. The van der Waals surface area contributed by atoms with E-state index in [0.717, 1.165) is 19.3 Å². The Morgan fingerprint density at radius 3 is 2.24 bits per heavy atom.